The molecule has 2 aromatic heterocycles. The number of alkyl halides is 3. The molecule has 1 N–H and O–H groups in total. The van der Waals surface area contributed by atoms with E-state index in [1.165, 1.54) is 0 Å². The van der Waals surface area contributed by atoms with Gasteiger partial charge in [0, 0.05) is 30.2 Å². The first kappa shape index (κ1) is 16.9. The first-order chi connectivity index (χ1) is 12.5. The Labute approximate surface area is 147 Å². The zero-order valence-electron chi connectivity index (χ0n) is 13.8. The van der Waals surface area contributed by atoms with E-state index in [4.69, 9.17) is 4.74 Å². The average molecular weight is 366 g/mol. The Kier molecular flexibility index (Phi) is 4.31. The number of benzene rings is 1. The maximum Gasteiger partial charge on any atom is 0.470 e. The quantitative estimate of drug-likeness (QED) is 0.764. The molecule has 1 fully saturated rings. The van der Waals surface area contributed by atoms with Crippen molar-refractivity contribution in [1.29, 1.82) is 0 Å². The van der Waals surface area contributed by atoms with E-state index in [0.717, 1.165) is 29.5 Å². The fourth-order valence-corrected chi connectivity index (χ4v) is 3.15. The Morgan fingerprint density at radius 3 is 2.73 bits per heavy atom. The molecule has 0 radical (unpaired) electrons. The average Bonchev–Trinajstić information content (AvgIpc) is 3.26. The number of fused-ring (bicyclic) bond motifs is 1. The van der Waals surface area contributed by atoms with Crippen LogP contribution < -0.4 is 4.74 Å². The standard InChI is InChI=1S/C17H17F3N4O2/c18-17(19,20)16-23-22-15(26-16)10-24-8-5-11(6-9-24)25-14-3-1-2-13-12(14)4-7-21-13/h1-4,7,11,21H,5-6,8-10H2. The van der Waals surface area contributed by atoms with E-state index in [9.17, 15) is 13.2 Å². The second-order valence-corrected chi connectivity index (χ2v) is 6.29. The number of ether oxygens (including phenoxy) is 1. The Balaban J connectivity index is 1.33. The lowest BCUT2D eigenvalue weighted by Gasteiger charge is -2.31. The van der Waals surface area contributed by atoms with Gasteiger partial charge in [0.05, 0.1) is 6.54 Å². The molecule has 3 aromatic rings. The Hall–Kier alpha value is -2.55. The van der Waals surface area contributed by atoms with Gasteiger partial charge in [0.25, 0.3) is 0 Å². The van der Waals surface area contributed by atoms with E-state index in [2.05, 4.69) is 19.6 Å². The number of hydrogen-bond acceptors (Lipinski definition) is 5. The number of hydrogen-bond donors (Lipinski definition) is 1. The molecule has 0 bridgehead atoms. The van der Waals surface area contributed by atoms with Crippen molar-refractivity contribution >= 4 is 10.9 Å². The number of likely N-dealkylation sites (tertiary alicyclic amines) is 1. The molecule has 0 atom stereocenters. The van der Waals surface area contributed by atoms with Crippen molar-refractivity contribution in [2.45, 2.75) is 31.7 Å². The van der Waals surface area contributed by atoms with Crippen LogP contribution in [0.1, 0.15) is 24.6 Å². The molecule has 0 unspecified atom stereocenters. The summed E-state index contributed by atoms with van der Waals surface area (Å²) in [6.07, 6.45) is -1.10. The highest BCUT2D eigenvalue weighted by Crippen LogP contribution is 2.29. The molecule has 9 heteroatoms. The predicted molar refractivity (Wildman–Crippen MR) is 86.5 cm³/mol. The summed E-state index contributed by atoms with van der Waals surface area (Å²) in [6, 6.07) is 7.86. The van der Waals surface area contributed by atoms with Crippen molar-refractivity contribution < 1.29 is 22.3 Å². The van der Waals surface area contributed by atoms with E-state index in [1.54, 1.807) is 0 Å². The van der Waals surface area contributed by atoms with Gasteiger partial charge in [-0.2, -0.15) is 13.2 Å². The molecule has 1 aliphatic rings. The molecule has 0 amide bonds. The van der Waals surface area contributed by atoms with Gasteiger partial charge >= 0.3 is 12.1 Å². The largest absolute Gasteiger partial charge is 0.490 e. The number of nitrogens with one attached hydrogen (secondary N) is 1. The van der Waals surface area contributed by atoms with Gasteiger partial charge in [-0.25, -0.2) is 0 Å². The lowest BCUT2D eigenvalue weighted by atomic mass is 10.1. The lowest BCUT2D eigenvalue weighted by Crippen LogP contribution is -2.37. The van der Waals surface area contributed by atoms with Gasteiger partial charge in [0.15, 0.2) is 0 Å². The van der Waals surface area contributed by atoms with Crippen LogP contribution in [0.2, 0.25) is 0 Å². The van der Waals surface area contributed by atoms with Gasteiger partial charge in [-0.15, -0.1) is 10.2 Å². The van der Waals surface area contributed by atoms with Gasteiger partial charge in [-0.05, 0) is 31.0 Å². The third-order valence-electron chi connectivity index (χ3n) is 4.45. The molecule has 1 saturated heterocycles. The van der Waals surface area contributed by atoms with Crippen LogP contribution in [0.15, 0.2) is 34.9 Å². The molecular formula is C17H17F3N4O2. The number of aromatic nitrogens is 3. The highest BCUT2D eigenvalue weighted by molar-refractivity contribution is 5.85. The Morgan fingerprint density at radius 2 is 2.00 bits per heavy atom. The summed E-state index contributed by atoms with van der Waals surface area (Å²) in [4.78, 5) is 5.14. The summed E-state index contributed by atoms with van der Waals surface area (Å²) >= 11 is 0. The van der Waals surface area contributed by atoms with Crippen molar-refractivity contribution in [3.63, 3.8) is 0 Å². The highest BCUT2D eigenvalue weighted by Gasteiger charge is 2.38. The van der Waals surface area contributed by atoms with E-state index in [0.29, 0.717) is 13.1 Å². The normalized spacial score (nSPS) is 17.0. The number of aromatic amines is 1. The van der Waals surface area contributed by atoms with Crippen LogP contribution in [-0.4, -0.2) is 39.3 Å². The van der Waals surface area contributed by atoms with Crippen molar-refractivity contribution in [1.82, 2.24) is 20.1 Å². The topological polar surface area (TPSA) is 67.2 Å². The zero-order chi connectivity index (χ0) is 18.1. The van der Waals surface area contributed by atoms with E-state index in [-0.39, 0.29) is 18.5 Å². The third kappa shape index (κ3) is 3.52. The van der Waals surface area contributed by atoms with Gasteiger partial charge in [0.1, 0.15) is 11.9 Å². The fourth-order valence-electron chi connectivity index (χ4n) is 3.15. The van der Waals surface area contributed by atoms with E-state index >= 15 is 0 Å². The second kappa shape index (κ2) is 6.64. The number of H-pyrrole nitrogens is 1. The highest BCUT2D eigenvalue weighted by atomic mass is 19.4. The molecule has 3 heterocycles. The molecule has 0 spiro atoms. The van der Waals surface area contributed by atoms with Gasteiger partial charge < -0.3 is 14.1 Å². The molecule has 1 aromatic carbocycles. The molecular weight excluding hydrogens is 349 g/mol. The summed E-state index contributed by atoms with van der Waals surface area (Å²) in [6.45, 7) is 1.60. The number of rotatable bonds is 4. The summed E-state index contributed by atoms with van der Waals surface area (Å²) in [5, 5.41) is 7.57. The maximum atomic E-state index is 12.5. The molecule has 0 aliphatic carbocycles. The summed E-state index contributed by atoms with van der Waals surface area (Å²) in [5.41, 5.74) is 1.02. The van der Waals surface area contributed by atoms with Gasteiger partial charge in [-0.3, -0.25) is 4.90 Å². The second-order valence-electron chi connectivity index (χ2n) is 6.29. The molecule has 0 saturated carbocycles. The third-order valence-corrected chi connectivity index (χ3v) is 4.45. The van der Waals surface area contributed by atoms with Gasteiger partial charge in [-0.1, -0.05) is 6.07 Å². The van der Waals surface area contributed by atoms with Crippen LogP contribution in [0.3, 0.4) is 0 Å². The van der Waals surface area contributed by atoms with Crippen LogP contribution in [-0.2, 0) is 12.7 Å². The monoisotopic (exact) mass is 366 g/mol. The SMILES string of the molecule is FC(F)(F)c1nnc(CN2CCC(Oc3cccc4[nH]ccc34)CC2)o1. The van der Waals surface area contributed by atoms with Crippen molar-refractivity contribution in [3.05, 3.63) is 42.2 Å². The number of halogens is 3. The minimum atomic E-state index is -4.61. The zero-order valence-corrected chi connectivity index (χ0v) is 13.8. The first-order valence-electron chi connectivity index (χ1n) is 8.34. The molecule has 4 rings (SSSR count). The number of nitrogens with zero attached hydrogens (tertiary/aromatic N) is 3. The van der Waals surface area contributed by atoms with Crippen molar-refractivity contribution in [2.24, 2.45) is 0 Å². The maximum absolute atomic E-state index is 12.5. The Morgan fingerprint density at radius 1 is 1.19 bits per heavy atom. The minimum absolute atomic E-state index is 0.0196. The van der Waals surface area contributed by atoms with Crippen LogP contribution in [0.25, 0.3) is 10.9 Å². The smallest absolute Gasteiger partial charge is 0.470 e. The summed E-state index contributed by atoms with van der Waals surface area (Å²) in [5.74, 6) is -0.479. The van der Waals surface area contributed by atoms with Crippen LogP contribution in [0.4, 0.5) is 13.2 Å². The molecule has 138 valence electrons. The molecule has 6 nitrogen and oxygen atoms in total. The van der Waals surface area contributed by atoms with Crippen molar-refractivity contribution in [2.75, 3.05) is 13.1 Å². The Bertz CT molecular complexity index is 881. The summed E-state index contributed by atoms with van der Waals surface area (Å²) < 4.78 is 48.3. The fraction of sp³-hybridized carbons (Fsp3) is 0.412. The first-order valence-corrected chi connectivity index (χ1v) is 8.34. The van der Waals surface area contributed by atoms with Crippen LogP contribution in [0, 0.1) is 0 Å². The van der Waals surface area contributed by atoms with Crippen molar-refractivity contribution in [3.8, 4) is 5.75 Å². The van der Waals surface area contributed by atoms with Gasteiger partial charge in [0.2, 0.25) is 5.89 Å². The summed E-state index contributed by atoms with van der Waals surface area (Å²) in [7, 11) is 0. The van der Waals surface area contributed by atoms with E-state index < -0.39 is 12.1 Å². The predicted octanol–water partition coefficient (Wildman–Crippen LogP) is 3.61. The lowest BCUT2D eigenvalue weighted by molar-refractivity contribution is -0.157. The van der Waals surface area contributed by atoms with E-state index in [1.807, 2.05) is 35.4 Å². The molecule has 26 heavy (non-hydrogen) atoms. The van der Waals surface area contributed by atoms with Crippen LogP contribution >= 0.6 is 0 Å². The van der Waals surface area contributed by atoms with Crippen LogP contribution in [0.5, 0.6) is 5.75 Å². The molecule has 1 aliphatic heterocycles. The minimum Gasteiger partial charge on any atom is -0.490 e. The number of piperidine rings is 1.